The molecule has 6 nitrogen and oxygen atoms in total. The van der Waals surface area contributed by atoms with Crippen LogP contribution < -0.4 is 20.1 Å². The summed E-state index contributed by atoms with van der Waals surface area (Å²) in [4.78, 5) is 8.50. The lowest BCUT2D eigenvalue weighted by Crippen LogP contribution is -2.37. The minimum absolute atomic E-state index is 0. The first-order chi connectivity index (χ1) is 15.2. The highest BCUT2D eigenvalue weighted by Gasteiger charge is 2.11. The van der Waals surface area contributed by atoms with E-state index >= 15 is 0 Å². The fourth-order valence-electron chi connectivity index (χ4n) is 3.37. The number of aliphatic imine (C=N–C) groups is 1. The Kier molecular flexibility index (Phi) is 8.66. The van der Waals surface area contributed by atoms with Gasteiger partial charge < -0.3 is 20.1 Å². The molecule has 1 aliphatic heterocycles. The van der Waals surface area contributed by atoms with Crippen LogP contribution in [0, 0.1) is 5.82 Å². The number of nitrogens with zero attached hydrogens (tertiary/aromatic N) is 2. The highest BCUT2D eigenvalue weighted by molar-refractivity contribution is 14.0. The Morgan fingerprint density at radius 2 is 1.94 bits per heavy atom. The summed E-state index contributed by atoms with van der Waals surface area (Å²) < 4.78 is 24.3. The molecule has 0 unspecified atom stereocenters. The average Bonchev–Trinajstić information content (AvgIpc) is 3.26. The lowest BCUT2D eigenvalue weighted by atomic mass is 10.1. The van der Waals surface area contributed by atoms with Gasteiger partial charge in [0.1, 0.15) is 17.3 Å². The summed E-state index contributed by atoms with van der Waals surface area (Å²) in [5, 5.41) is 6.64. The summed E-state index contributed by atoms with van der Waals surface area (Å²) in [6.45, 7) is 2.12. The lowest BCUT2D eigenvalue weighted by molar-refractivity contribution is 0.357. The van der Waals surface area contributed by atoms with E-state index in [1.165, 1.54) is 23.3 Å². The first-order valence-electron chi connectivity index (χ1n) is 10.3. The first kappa shape index (κ1) is 23.8. The van der Waals surface area contributed by atoms with Crippen LogP contribution >= 0.6 is 24.0 Å². The van der Waals surface area contributed by atoms with Crippen LogP contribution in [0.3, 0.4) is 0 Å². The van der Waals surface area contributed by atoms with E-state index in [1.807, 2.05) is 12.1 Å². The third kappa shape index (κ3) is 6.56. The molecular formula is C24H26FIN4O2. The molecule has 0 fully saturated rings. The summed E-state index contributed by atoms with van der Waals surface area (Å²) in [6, 6.07) is 16.0. The summed E-state index contributed by atoms with van der Waals surface area (Å²) in [6.07, 6.45) is 3.57. The van der Waals surface area contributed by atoms with Gasteiger partial charge >= 0.3 is 0 Å². The number of aromatic nitrogens is 1. The summed E-state index contributed by atoms with van der Waals surface area (Å²) in [5.41, 5.74) is 3.56. The van der Waals surface area contributed by atoms with Gasteiger partial charge in [-0.1, -0.05) is 12.1 Å². The Bertz CT molecular complexity index is 1060. The van der Waals surface area contributed by atoms with Gasteiger partial charge in [-0.3, -0.25) is 4.99 Å². The van der Waals surface area contributed by atoms with Crippen molar-refractivity contribution in [2.75, 3.05) is 20.2 Å². The molecule has 0 bridgehead atoms. The molecule has 0 atom stereocenters. The van der Waals surface area contributed by atoms with Crippen molar-refractivity contribution in [1.29, 1.82) is 0 Å². The second kappa shape index (κ2) is 11.7. The van der Waals surface area contributed by atoms with E-state index in [-0.39, 0.29) is 29.8 Å². The Labute approximate surface area is 204 Å². The minimum Gasteiger partial charge on any atom is -0.493 e. The van der Waals surface area contributed by atoms with Gasteiger partial charge in [0.15, 0.2) is 5.96 Å². The molecule has 32 heavy (non-hydrogen) atoms. The van der Waals surface area contributed by atoms with Crippen molar-refractivity contribution in [3.63, 3.8) is 0 Å². The van der Waals surface area contributed by atoms with E-state index in [4.69, 9.17) is 9.47 Å². The van der Waals surface area contributed by atoms with Crippen LogP contribution in [0.2, 0.25) is 0 Å². The second-order valence-corrected chi connectivity index (χ2v) is 7.20. The standard InChI is InChI=1S/C24H25FN4O2.HI/c1-26-24(28-12-8-17-2-7-22-19(14-17)10-13-30-22)29-16-18-9-11-27-23(15-18)31-21-5-3-20(25)4-6-21;/h2-7,9,11,14-15H,8,10,12-13,16H2,1H3,(H2,26,28,29);1H. The van der Waals surface area contributed by atoms with Crippen molar-refractivity contribution in [1.82, 2.24) is 15.6 Å². The van der Waals surface area contributed by atoms with Gasteiger partial charge in [-0.2, -0.15) is 0 Å². The Hall–Kier alpha value is -2.88. The molecular weight excluding hydrogens is 522 g/mol. The zero-order valence-electron chi connectivity index (χ0n) is 17.8. The molecule has 8 heteroatoms. The van der Waals surface area contributed by atoms with Crippen molar-refractivity contribution in [3.05, 3.63) is 83.3 Å². The van der Waals surface area contributed by atoms with E-state index < -0.39 is 0 Å². The predicted octanol–water partition coefficient (Wildman–Crippen LogP) is 4.47. The molecule has 2 aromatic carbocycles. The summed E-state index contributed by atoms with van der Waals surface area (Å²) in [7, 11) is 1.75. The summed E-state index contributed by atoms with van der Waals surface area (Å²) >= 11 is 0. The van der Waals surface area contributed by atoms with Crippen LogP contribution in [-0.4, -0.2) is 31.1 Å². The van der Waals surface area contributed by atoms with Crippen molar-refractivity contribution >= 4 is 29.9 Å². The third-order valence-electron chi connectivity index (χ3n) is 4.98. The van der Waals surface area contributed by atoms with E-state index in [0.717, 1.165) is 43.3 Å². The topological polar surface area (TPSA) is 67.8 Å². The number of rotatable bonds is 7. The minimum atomic E-state index is -0.303. The van der Waals surface area contributed by atoms with Crippen LogP contribution in [-0.2, 0) is 19.4 Å². The molecule has 1 aliphatic rings. The molecule has 0 spiro atoms. The monoisotopic (exact) mass is 548 g/mol. The molecule has 2 heterocycles. The molecule has 0 saturated heterocycles. The molecule has 3 aromatic rings. The van der Waals surface area contributed by atoms with Gasteiger partial charge in [-0.15, -0.1) is 24.0 Å². The van der Waals surface area contributed by atoms with E-state index in [1.54, 1.807) is 25.4 Å². The quantitative estimate of drug-likeness (QED) is 0.259. The number of hydrogen-bond acceptors (Lipinski definition) is 4. The van der Waals surface area contributed by atoms with E-state index in [0.29, 0.717) is 18.2 Å². The highest BCUT2D eigenvalue weighted by atomic mass is 127. The number of benzene rings is 2. The number of halogens is 2. The van der Waals surface area contributed by atoms with Crippen molar-refractivity contribution in [2.45, 2.75) is 19.4 Å². The van der Waals surface area contributed by atoms with Crippen LogP contribution in [0.25, 0.3) is 0 Å². The van der Waals surface area contributed by atoms with Gasteiger partial charge in [0.2, 0.25) is 5.88 Å². The fourth-order valence-corrected chi connectivity index (χ4v) is 3.37. The third-order valence-corrected chi connectivity index (χ3v) is 4.98. The molecule has 0 saturated carbocycles. The maximum absolute atomic E-state index is 13.0. The maximum Gasteiger partial charge on any atom is 0.219 e. The average molecular weight is 548 g/mol. The second-order valence-electron chi connectivity index (χ2n) is 7.20. The zero-order valence-corrected chi connectivity index (χ0v) is 20.1. The lowest BCUT2D eigenvalue weighted by Gasteiger charge is -2.13. The van der Waals surface area contributed by atoms with E-state index in [2.05, 4.69) is 38.8 Å². The molecule has 4 rings (SSSR count). The summed E-state index contributed by atoms with van der Waals surface area (Å²) in [5.74, 6) is 2.42. The fraction of sp³-hybridized carbons (Fsp3) is 0.250. The number of hydrogen-bond donors (Lipinski definition) is 2. The zero-order chi connectivity index (χ0) is 21.5. The van der Waals surface area contributed by atoms with Crippen molar-refractivity contribution in [3.8, 4) is 17.4 Å². The Morgan fingerprint density at radius 3 is 2.75 bits per heavy atom. The highest BCUT2D eigenvalue weighted by Crippen LogP contribution is 2.26. The Morgan fingerprint density at radius 1 is 1.09 bits per heavy atom. The first-order valence-corrected chi connectivity index (χ1v) is 10.3. The molecule has 0 radical (unpaired) electrons. The van der Waals surface area contributed by atoms with Gasteiger partial charge in [0.25, 0.3) is 0 Å². The van der Waals surface area contributed by atoms with Crippen LogP contribution in [0.5, 0.6) is 17.4 Å². The van der Waals surface area contributed by atoms with Crippen molar-refractivity contribution in [2.24, 2.45) is 4.99 Å². The number of nitrogens with one attached hydrogen (secondary N) is 2. The van der Waals surface area contributed by atoms with Gasteiger partial charge in [-0.05, 0) is 59.5 Å². The molecule has 0 aliphatic carbocycles. The van der Waals surface area contributed by atoms with Gasteiger partial charge in [-0.25, -0.2) is 9.37 Å². The normalized spacial score (nSPS) is 12.4. The molecule has 168 valence electrons. The number of guanidine groups is 1. The van der Waals surface area contributed by atoms with Gasteiger partial charge in [0, 0.05) is 38.8 Å². The molecule has 1 aromatic heterocycles. The number of fused-ring (bicyclic) bond motifs is 1. The van der Waals surface area contributed by atoms with Crippen LogP contribution in [0.4, 0.5) is 4.39 Å². The number of ether oxygens (including phenoxy) is 2. The van der Waals surface area contributed by atoms with Crippen molar-refractivity contribution < 1.29 is 13.9 Å². The SMILES string of the molecule is CN=C(NCCc1ccc2c(c1)CCO2)NCc1ccnc(Oc2ccc(F)cc2)c1.I. The van der Waals surface area contributed by atoms with E-state index in [9.17, 15) is 4.39 Å². The number of pyridine rings is 1. The molecule has 2 N–H and O–H groups in total. The smallest absolute Gasteiger partial charge is 0.219 e. The Balaban J connectivity index is 0.00000289. The molecule has 0 amide bonds. The largest absolute Gasteiger partial charge is 0.493 e. The van der Waals surface area contributed by atoms with Gasteiger partial charge in [0.05, 0.1) is 6.61 Å². The van der Waals surface area contributed by atoms with Crippen LogP contribution in [0.1, 0.15) is 16.7 Å². The maximum atomic E-state index is 13.0. The van der Waals surface area contributed by atoms with Crippen LogP contribution in [0.15, 0.2) is 65.8 Å². The predicted molar refractivity (Wildman–Crippen MR) is 134 cm³/mol.